The number of ether oxygens (including phenoxy) is 3. The third-order valence-electron chi connectivity index (χ3n) is 8.01. The van der Waals surface area contributed by atoms with Crippen LogP contribution in [0.3, 0.4) is 0 Å². The Kier molecular flexibility index (Phi) is 7.14. The zero-order valence-corrected chi connectivity index (χ0v) is 23.5. The molecule has 1 saturated carbocycles. The van der Waals surface area contributed by atoms with E-state index in [0.717, 1.165) is 17.4 Å². The van der Waals surface area contributed by atoms with Crippen molar-refractivity contribution in [3.05, 3.63) is 67.0 Å². The first kappa shape index (κ1) is 26.9. The molecule has 1 aromatic heterocycles. The molecule has 0 bridgehead atoms. The molecule has 12 heteroatoms. The van der Waals surface area contributed by atoms with Crippen LogP contribution in [0.25, 0.3) is 0 Å². The maximum Gasteiger partial charge on any atom is 0.347 e. The summed E-state index contributed by atoms with van der Waals surface area (Å²) >= 11 is 6.42. The van der Waals surface area contributed by atoms with Crippen LogP contribution in [0.2, 0.25) is 5.02 Å². The van der Waals surface area contributed by atoms with E-state index in [1.165, 1.54) is 20.5 Å². The van der Waals surface area contributed by atoms with E-state index in [1.54, 1.807) is 12.1 Å². The molecule has 4 aliphatic rings. The molecule has 40 heavy (non-hydrogen) atoms. The number of halogens is 1. The molecule has 1 aromatic carbocycles. The van der Waals surface area contributed by atoms with Gasteiger partial charge in [-0.05, 0) is 57.7 Å². The van der Waals surface area contributed by atoms with Gasteiger partial charge in [0.05, 0.1) is 18.3 Å². The van der Waals surface area contributed by atoms with Crippen LogP contribution in [0, 0.1) is 5.92 Å². The molecule has 1 N–H and O–H groups in total. The average molecular weight is 573 g/mol. The van der Waals surface area contributed by atoms with Crippen molar-refractivity contribution in [3.63, 3.8) is 0 Å². The lowest BCUT2D eigenvalue weighted by Crippen LogP contribution is -2.53. The van der Waals surface area contributed by atoms with Crippen molar-refractivity contribution in [2.45, 2.75) is 77.5 Å². The van der Waals surface area contributed by atoms with Crippen molar-refractivity contribution in [3.8, 4) is 11.5 Å². The lowest BCUT2D eigenvalue weighted by molar-refractivity contribution is 0.0326. The Bertz CT molecular complexity index is 1530. The number of benzene rings is 1. The fourth-order valence-electron chi connectivity index (χ4n) is 5.85. The molecule has 0 amide bonds. The van der Waals surface area contributed by atoms with Crippen LogP contribution >= 0.6 is 11.6 Å². The summed E-state index contributed by atoms with van der Waals surface area (Å²) in [5.74, 6) is 0.725. The first-order valence-electron chi connectivity index (χ1n) is 13.6. The fourth-order valence-corrected chi connectivity index (χ4v) is 6.07. The highest BCUT2D eigenvalue weighted by Crippen LogP contribution is 2.46. The van der Waals surface area contributed by atoms with E-state index < -0.39 is 29.6 Å². The van der Waals surface area contributed by atoms with Crippen LogP contribution in [0.1, 0.15) is 51.6 Å². The summed E-state index contributed by atoms with van der Waals surface area (Å²) in [6, 6.07) is 2.60. The summed E-state index contributed by atoms with van der Waals surface area (Å²) in [7, 11) is 0. The predicted octanol–water partition coefficient (Wildman–Crippen LogP) is 3.01. The van der Waals surface area contributed by atoms with Crippen molar-refractivity contribution >= 4 is 17.3 Å². The maximum absolute atomic E-state index is 13.6. The molecule has 2 aromatic rings. The maximum atomic E-state index is 13.6. The second kappa shape index (κ2) is 10.6. The Labute approximate surface area is 235 Å². The number of epoxide rings is 1. The summed E-state index contributed by atoms with van der Waals surface area (Å²) < 4.78 is 20.4. The van der Waals surface area contributed by atoms with Gasteiger partial charge < -0.3 is 24.2 Å². The molecular formula is C28H33ClN4O7. The highest BCUT2D eigenvalue weighted by Gasteiger charge is 2.61. The first-order valence-corrected chi connectivity index (χ1v) is 13.9. The average Bonchev–Trinajstić information content (AvgIpc) is 3.54. The summed E-state index contributed by atoms with van der Waals surface area (Å²) in [6.07, 6.45) is 4.86. The summed E-state index contributed by atoms with van der Waals surface area (Å²) in [5, 5.41) is 15.9. The second-order valence-corrected chi connectivity index (χ2v) is 11.4. The highest BCUT2D eigenvalue weighted by molar-refractivity contribution is 6.31. The van der Waals surface area contributed by atoms with Gasteiger partial charge in [-0.15, -0.1) is 0 Å². The van der Waals surface area contributed by atoms with E-state index in [4.69, 9.17) is 30.6 Å². The van der Waals surface area contributed by atoms with Crippen LogP contribution in [0.15, 0.2) is 50.2 Å². The summed E-state index contributed by atoms with van der Waals surface area (Å²) in [5.41, 5.74) is 2.75. The third kappa shape index (κ3) is 4.80. The zero-order chi connectivity index (χ0) is 28.1. The lowest BCUT2D eigenvalue weighted by Gasteiger charge is -2.38. The zero-order valence-electron chi connectivity index (χ0n) is 22.7. The Hall–Kier alpha value is -3.28. The molecule has 0 unspecified atom stereocenters. The minimum atomic E-state index is -0.959. The number of fused-ring (bicyclic) bond motifs is 5. The number of allylic oxidation sites excluding steroid dienone is 3. The summed E-state index contributed by atoms with van der Waals surface area (Å²) in [6.45, 7) is 6.90. The number of aliphatic hydroxyl groups excluding tert-OH is 1. The van der Waals surface area contributed by atoms with Crippen LogP contribution in [-0.2, 0) is 22.7 Å². The van der Waals surface area contributed by atoms with E-state index in [0.29, 0.717) is 47.4 Å². The molecule has 0 radical (unpaired) electrons. The molecule has 5 atom stereocenters. The summed E-state index contributed by atoms with van der Waals surface area (Å²) in [4.78, 5) is 32.7. The molecule has 6 rings (SSSR count). The van der Waals surface area contributed by atoms with Crippen molar-refractivity contribution in [1.82, 2.24) is 13.9 Å². The smallest absolute Gasteiger partial charge is 0.347 e. The molecule has 1 aliphatic carbocycles. The Balaban J connectivity index is 1.23. The van der Waals surface area contributed by atoms with Crippen LogP contribution < -0.4 is 20.9 Å². The number of aliphatic hydroxyl groups is 1. The van der Waals surface area contributed by atoms with Gasteiger partial charge in [0.2, 0.25) is 6.79 Å². The van der Waals surface area contributed by atoms with Crippen molar-refractivity contribution in [2.24, 2.45) is 11.1 Å². The number of nitrogens with zero attached hydrogens (tertiary/aromatic N) is 4. The molecule has 2 fully saturated rings. The van der Waals surface area contributed by atoms with Gasteiger partial charge in [0.1, 0.15) is 24.9 Å². The monoisotopic (exact) mass is 572 g/mol. The number of aromatic nitrogens is 3. The number of hydrogen-bond acceptors (Lipinski definition) is 8. The van der Waals surface area contributed by atoms with E-state index in [-0.39, 0.29) is 25.4 Å². The Morgan fingerprint density at radius 3 is 2.73 bits per heavy atom. The van der Waals surface area contributed by atoms with Crippen LogP contribution in [0.5, 0.6) is 11.5 Å². The number of rotatable bonds is 8. The van der Waals surface area contributed by atoms with Gasteiger partial charge in [0, 0.05) is 23.6 Å². The van der Waals surface area contributed by atoms with Crippen LogP contribution in [0.4, 0.5) is 0 Å². The van der Waals surface area contributed by atoms with E-state index in [2.05, 4.69) is 32.0 Å². The molecule has 4 heterocycles. The standard InChI is InChI=1S/C28H33ClN4O7/c1-15(2)5-4-6-16(3)8-10-39-30-22-18-7-9-32-27(35)31(13-17-11-20-21(12-19(17)29)38-14-37-20)28(36)33(32)23(18)24(34)26-25(22)40-26/h5,8,11-12,18,23-26,34H,4,6-7,9-10,13-14H2,1-3H3/t18-,23-,24+,25-,26+/m1/s1. The normalized spacial score (nSPS) is 27.2. The van der Waals surface area contributed by atoms with Crippen LogP contribution in [-0.4, -0.2) is 56.5 Å². The fraction of sp³-hybridized carbons (Fsp3) is 0.536. The van der Waals surface area contributed by atoms with Gasteiger partial charge in [-0.2, -0.15) is 0 Å². The van der Waals surface area contributed by atoms with Gasteiger partial charge >= 0.3 is 11.4 Å². The second-order valence-electron chi connectivity index (χ2n) is 11.0. The van der Waals surface area contributed by atoms with Crippen molar-refractivity contribution < 1.29 is 24.2 Å². The number of hydrogen-bond donors (Lipinski definition) is 1. The van der Waals surface area contributed by atoms with Crippen molar-refractivity contribution in [1.29, 1.82) is 0 Å². The molecular weight excluding hydrogens is 540 g/mol. The molecule has 11 nitrogen and oxygen atoms in total. The Morgan fingerprint density at radius 1 is 1.18 bits per heavy atom. The van der Waals surface area contributed by atoms with Gasteiger partial charge in [-0.1, -0.05) is 34.0 Å². The van der Waals surface area contributed by atoms with Gasteiger partial charge in [-0.3, -0.25) is 0 Å². The minimum Gasteiger partial charge on any atom is -0.454 e. The third-order valence-corrected chi connectivity index (χ3v) is 8.36. The molecule has 3 aliphatic heterocycles. The lowest BCUT2D eigenvalue weighted by atomic mass is 9.78. The minimum absolute atomic E-state index is 0.0421. The first-order chi connectivity index (χ1) is 19.2. The van der Waals surface area contributed by atoms with Crippen molar-refractivity contribution in [2.75, 3.05) is 13.4 Å². The predicted molar refractivity (Wildman–Crippen MR) is 147 cm³/mol. The quantitative estimate of drug-likeness (QED) is 0.223. The molecule has 0 spiro atoms. The number of oxime groups is 1. The van der Waals surface area contributed by atoms with Gasteiger partial charge in [-0.25, -0.2) is 23.5 Å². The SMILES string of the molecule is CC(C)=CCCC(C)=CCON=C1[C@H]2CCn3c(=O)n(Cc4cc5c(cc4Cl)OCO5)c(=O)n3[C@H]2[C@H](O)[C@@H]2O[C@H]12. The molecule has 214 valence electrons. The highest BCUT2D eigenvalue weighted by atomic mass is 35.5. The van der Waals surface area contributed by atoms with Gasteiger partial charge in [0.25, 0.3) is 0 Å². The Morgan fingerprint density at radius 2 is 1.95 bits per heavy atom. The van der Waals surface area contributed by atoms with E-state index in [1.807, 2.05) is 6.08 Å². The largest absolute Gasteiger partial charge is 0.454 e. The molecule has 1 saturated heterocycles. The topological polar surface area (TPSA) is 122 Å². The van der Waals surface area contributed by atoms with E-state index >= 15 is 0 Å². The van der Waals surface area contributed by atoms with E-state index in [9.17, 15) is 14.7 Å². The van der Waals surface area contributed by atoms with Gasteiger partial charge in [0.15, 0.2) is 11.5 Å².